The molecule has 1 fully saturated rings. The average Bonchev–Trinajstić information content (AvgIpc) is 2.87. The van der Waals surface area contributed by atoms with Crippen LogP contribution in [0.3, 0.4) is 0 Å². The zero-order chi connectivity index (χ0) is 15.9. The molecule has 0 unspecified atom stereocenters. The molecule has 0 bridgehead atoms. The lowest BCUT2D eigenvalue weighted by molar-refractivity contribution is -0.183. The Kier molecular flexibility index (Phi) is 3.92. The van der Waals surface area contributed by atoms with Gasteiger partial charge in [0.1, 0.15) is 0 Å². The van der Waals surface area contributed by atoms with E-state index in [4.69, 9.17) is 0 Å². The maximum Gasteiger partial charge on any atom is 0.391 e. The van der Waals surface area contributed by atoms with Crippen LogP contribution in [-0.4, -0.2) is 35.1 Å². The van der Waals surface area contributed by atoms with E-state index >= 15 is 0 Å². The first-order chi connectivity index (χ1) is 10.4. The third kappa shape index (κ3) is 2.74. The molecule has 1 saturated heterocycles. The monoisotopic (exact) mass is 374 g/mol. The summed E-state index contributed by atoms with van der Waals surface area (Å²) in [5.41, 5.74) is 1.20. The van der Waals surface area contributed by atoms with Gasteiger partial charge < -0.3 is 9.88 Å². The number of aromatic amines is 1. The molecule has 22 heavy (non-hydrogen) atoms. The number of aromatic nitrogens is 1. The van der Waals surface area contributed by atoms with E-state index in [0.29, 0.717) is 11.1 Å². The topological polar surface area (TPSA) is 36.1 Å². The molecule has 1 N–H and O–H groups in total. The number of nitrogens with one attached hydrogen (secondary N) is 1. The molecule has 1 aromatic carbocycles. The molecule has 1 aliphatic heterocycles. The second-order valence-electron chi connectivity index (χ2n) is 5.47. The molecular weight excluding hydrogens is 361 g/mol. The van der Waals surface area contributed by atoms with Gasteiger partial charge in [0.05, 0.1) is 17.0 Å². The lowest BCUT2D eigenvalue weighted by Crippen LogP contribution is -2.42. The first-order valence-electron chi connectivity index (χ1n) is 6.99. The molecule has 1 amide bonds. The standard InChI is InChI=1S/C15H14BrF3N2O/c16-12-8-20-13-10(12)2-1-3-11(13)14(22)21-6-4-9(5-7-21)15(17,18)19/h1-3,8-9,20H,4-7H2. The number of halogens is 4. The van der Waals surface area contributed by atoms with Crippen molar-refractivity contribution >= 4 is 32.7 Å². The summed E-state index contributed by atoms with van der Waals surface area (Å²) in [5.74, 6) is -1.52. The van der Waals surface area contributed by atoms with Gasteiger partial charge in [-0.25, -0.2) is 0 Å². The number of hydrogen-bond donors (Lipinski definition) is 1. The van der Waals surface area contributed by atoms with Crippen LogP contribution in [0.1, 0.15) is 23.2 Å². The Labute approximate surface area is 133 Å². The van der Waals surface area contributed by atoms with E-state index in [1.54, 1.807) is 18.3 Å². The minimum atomic E-state index is -4.17. The molecule has 1 aliphatic rings. The van der Waals surface area contributed by atoms with Crippen LogP contribution in [-0.2, 0) is 0 Å². The number of hydrogen-bond acceptors (Lipinski definition) is 1. The third-order valence-corrected chi connectivity index (χ3v) is 4.80. The second kappa shape index (κ2) is 5.61. The van der Waals surface area contributed by atoms with Crippen LogP contribution in [0.25, 0.3) is 10.9 Å². The van der Waals surface area contributed by atoms with Gasteiger partial charge in [0.25, 0.3) is 5.91 Å². The molecule has 0 atom stereocenters. The molecule has 0 radical (unpaired) electrons. The van der Waals surface area contributed by atoms with E-state index < -0.39 is 12.1 Å². The number of para-hydroxylation sites is 1. The van der Waals surface area contributed by atoms with Gasteiger partial charge in [0, 0.05) is 29.1 Å². The second-order valence-corrected chi connectivity index (χ2v) is 6.33. The van der Waals surface area contributed by atoms with Crippen LogP contribution < -0.4 is 0 Å². The number of carbonyl (C=O) groups is 1. The zero-order valence-electron chi connectivity index (χ0n) is 11.6. The van der Waals surface area contributed by atoms with Crippen molar-refractivity contribution in [3.8, 4) is 0 Å². The van der Waals surface area contributed by atoms with E-state index in [0.717, 1.165) is 9.86 Å². The SMILES string of the molecule is O=C(c1cccc2c(Br)c[nH]c12)N1CCC(C(F)(F)F)CC1. The van der Waals surface area contributed by atoms with Crippen molar-refractivity contribution in [1.82, 2.24) is 9.88 Å². The Bertz CT molecular complexity index is 702. The highest BCUT2D eigenvalue weighted by atomic mass is 79.9. The van der Waals surface area contributed by atoms with E-state index in [1.807, 2.05) is 6.07 Å². The summed E-state index contributed by atoms with van der Waals surface area (Å²) in [5, 5.41) is 0.885. The lowest BCUT2D eigenvalue weighted by Gasteiger charge is -2.33. The molecule has 0 spiro atoms. The van der Waals surface area contributed by atoms with Gasteiger partial charge in [0.2, 0.25) is 0 Å². The molecular formula is C15H14BrF3N2O. The molecule has 118 valence electrons. The van der Waals surface area contributed by atoms with E-state index in [-0.39, 0.29) is 31.8 Å². The van der Waals surface area contributed by atoms with Gasteiger partial charge in [-0.1, -0.05) is 12.1 Å². The molecule has 7 heteroatoms. The van der Waals surface area contributed by atoms with Gasteiger partial charge in [-0.05, 0) is 34.8 Å². The summed E-state index contributed by atoms with van der Waals surface area (Å²) in [6, 6.07) is 5.35. The van der Waals surface area contributed by atoms with Crippen LogP contribution in [0, 0.1) is 5.92 Å². The van der Waals surface area contributed by atoms with Crippen LogP contribution in [0.4, 0.5) is 13.2 Å². The fourth-order valence-corrected chi connectivity index (χ4v) is 3.32. The van der Waals surface area contributed by atoms with Gasteiger partial charge >= 0.3 is 6.18 Å². The summed E-state index contributed by atoms with van der Waals surface area (Å²) in [7, 11) is 0. The highest BCUT2D eigenvalue weighted by molar-refractivity contribution is 9.10. The predicted octanol–water partition coefficient (Wildman–Crippen LogP) is 4.34. The Morgan fingerprint density at radius 3 is 2.59 bits per heavy atom. The van der Waals surface area contributed by atoms with Crippen molar-refractivity contribution in [2.75, 3.05) is 13.1 Å². The fourth-order valence-electron chi connectivity index (χ4n) is 2.88. The predicted molar refractivity (Wildman–Crippen MR) is 80.7 cm³/mol. The summed E-state index contributed by atoms with van der Waals surface area (Å²) in [4.78, 5) is 17.1. The number of likely N-dealkylation sites (tertiary alicyclic amines) is 1. The number of carbonyl (C=O) groups excluding carboxylic acids is 1. The summed E-state index contributed by atoms with van der Waals surface area (Å²) in [6.07, 6.45) is -2.48. The number of amides is 1. The highest BCUT2D eigenvalue weighted by Crippen LogP contribution is 2.35. The van der Waals surface area contributed by atoms with Crippen molar-refractivity contribution in [2.24, 2.45) is 5.92 Å². The van der Waals surface area contributed by atoms with Crippen molar-refractivity contribution in [3.63, 3.8) is 0 Å². The van der Waals surface area contributed by atoms with Crippen molar-refractivity contribution < 1.29 is 18.0 Å². The number of piperidine rings is 1. The quantitative estimate of drug-likeness (QED) is 0.791. The normalized spacial score (nSPS) is 17.2. The minimum Gasteiger partial charge on any atom is -0.359 e. The van der Waals surface area contributed by atoms with Gasteiger partial charge in [-0.2, -0.15) is 13.2 Å². The largest absolute Gasteiger partial charge is 0.391 e. The highest BCUT2D eigenvalue weighted by Gasteiger charge is 2.41. The Morgan fingerprint density at radius 1 is 1.27 bits per heavy atom. The number of alkyl halides is 3. The average molecular weight is 375 g/mol. The van der Waals surface area contributed by atoms with Crippen LogP contribution >= 0.6 is 15.9 Å². The van der Waals surface area contributed by atoms with E-state index in [2.05, 4.69) is 20.9 Å². The first kappa shape index (κ1) is 15.4. The molecule has 1 aromatic heterocycles. The summed E-state index contributed by atoms with van der Waals surface area (Å²) in [6.45, 7) is 0.280. The van der Waals surface area contributed by atoms with Crippen molar-refractivity contribution in [2.45, 2.75) is 19.0 Å². The third-order valence-electron chi connectivity index (χ3n) is 4.14. The maximum atomic E-state index is 12.7. The maximum absolute atomic E-state index is 12.7. The minimum absolute atomic E-state index is 0.0281. The number of H-pyrrole nitrogens is 1. The first-order valence-corrected chi connectivity index (χ1v) is 7.79. The molecule has 2 aromatic rings. The molecule has 2 heterocycles. The Balaban J connectivity index is 1.80. The molecule has 0 aliphatic carbocycles. The van der Waals surface area contributed by atoms with Crippen molar-refractivity contribution in [3.05, 3.63) is 34.4 Å². The number of rotatable bonds is 1. The number of fused-ring (bicyclic) bond motifs is 1. The van der Waals surface area contributed by atoms with Gasteiger partial charge in [-0.15, -0.1) is 0 Å². The van der Waals surface area contributed by atoms with Crippen LogP contribution in [0.5, 0.6) is 0 Å². The molecule has 0 saturated carbocycles. The fraction of sp³-hybridized carbons (Fsp3) is 0.400. The van der Waals surface area contributed by atoms with Gasteiger partial charge in [0.15, 0.2) is 0 Å². The number of benzene rings is 1. The Hall–Kier alpha value is -1.50. The lowest BCUT2D eigenvalue weighted by atomic mass is 9.95. The van der Waals surface area contributed by atoms with Crippen LogP contribution in [0.15, 0.2) is 28.9 Å². The summed E-state index contributed by atoms with van der Waals surface area (Å²) >= 11 is 3.39. The van der Waals surface area contributed by atoms with Crippen LogP contribution in [0.2, 0.25) is 0 Å². The smallest absolute Gasteiger partial charge is 0.359 e. The van der Waals surface area contributed by atoms with Crippen molar-refractivity contribution in [1.29, 1.82) is 0 Å². The number of nitrogens with zero attached hydrogens (tertiary/aromatic N) is 1. The van der Waals surface area contributed by atoms with E-state index in [9.17, 15) is 18.0 Å². The zero-order valence-corrected chi connectivity index (χ0v) is 13.2. The molecule has 3 nitrogen and oxygen atoms in total. The Morgan fingerprint density at radius 2 is 1.95 bits per heavy atom. The van der Waals surface area contributed by atoms with E-state index in [1.165, 1.54) is 4.90 Å². The summed E-state index contributed by atoms with van der Waals surface area (Å²) < 4.78 is 38.9. The molecule has 3 rings (SSSR count). The van der Waals surface area contributed by atoms with Gasteiger partial charge in [-0.3, -0.25) is 4.79 Å².